The van der Waals surface area contributed by atoms with Crippen LogP contribution in [0.25, 0.3) is 43.5 Å². The van der Waals surface area contributed by atoms with E-state index in [0.29, 0.717) is 131 Å². The third-order valence-corrected chi connectivity index (χ3v) is 10.2. The molecule has 1 aliphatic heterocycles. The van der Waals surface area contributed by atoms with Gasteiger partial charge in [-0.3, -0.25) is 4.79 Å². The van der Waals surface area contributed by atoms with Gasteiger partial charge in [-0.25, -0.2) is 14.4 Å². The number of nitrogens with zero attached hydrogens (tertiary/aromatic N) is 2. The molecule has 0 unspecified atom stereocenters. The number of carbonyl (C=O) groups excluding carboxylic acids is 1. The average molecular weight is 887 g/mol. The molecule has 64 heavy (non-hydrogen) atoms. The summed E-state index contributed by atoms with van der Waals surface area (Å²) in [4.78, 5) is 52.5. The van der Waals surface area contributed by atoms with Crippen molar-refractivity contribution in [3.63, 3.8) is 0 Å². The van der Waals surface area contributed by atoms with E-state index in [0.717, 1.165) is 29.2 Å². The van der Waals surface area contributed by atoms with E-state index in [1.54, 1.807) is 43.4 Å². The summed E-state index contributed by atoms with van der Waals surface area (Å²) in [6.45, 7) is 8.65. The number of likely N-dealkylation sites (N-methyl/N-ethyl adjacent to an activating group) is 1. The topological polar surface area (TPSA) is 195 Å². The van der Waals surface area contributed by atoms with E-state index >= 15 is 0 Å². The minimum atomic E-state index is -1.31. The fraction of sp³-hybridized carbons (Fsp3) is 0.404. The first-order valence-corrected chi connectivity index (χ1v) is 20.9. The highest BCUT2D eigenvalue weighted by atomic mass is 16.6. The van der Waals surface area contributed by atoms with Crippen molar-refractivity contribution in [2.75, 3.05) is 127 Å². The zero-order valence-electron chi connectivity index (χ0n) is 36.3. The van der Waals surface area contributed by atoms with Crippen LogP contribution in [0.3, 0.4) is 0 Å². The van der Waals surface area contributed by atoms with Gasteiger partial charge in [-0.2, -0.15) is 0 Å². The second-order valence-corrected chi connectivity index (χ2v) is 14.7. The van der Waals surface area contributed by atoms with Crippen molar-refractivity contribution >= 4 is 55.4 Å². The van der Waals surface area contributed by atoms with Crippen LogP contribution >= 0.6 is 0 Å². The molecule has 0 radical (unpaired) electrons. The van der Waals surface area contributed by atoms with Gasteiger partial charge in [-0.15, -0.1) is 0 Å². The predicted octanol–water partition coefficient (Wildman–Crippen LogP) is 5.10. The van der Waals surface area contributed by atoms with E-state index in [9.17, 15) is 19.2 Å². The van der Waals surface area contributed by atoms with E-state index in [2.05, 4.69) is 4.90 Å². The lowest BCUT2D eigenvalue weighted by Crippen LogP contribution is -2.48. The highest BCUT2D eigenvalue weighted by molar-refractivity contribution is 6.07. The molecule has 4 aromatic carbocycles. The Hall–Kier alpha value is -5.92. The fourth-order valence-corrected chi connectivity index (χ4v) is 6.79. The maximum atomic E-state index is 12.9. The molecule has 1 aliphatic rings. The van der Waals surface area contributed by atoms with Crippen LogP contribution in [0.5, 0.6) is 11.5 Å². The lowest BCUT2D eigenvalue weighted by molar-refractivity contribution is 0.0180. The minimum absolute atomic E-state index is 0.0745. The normalized spacial score (nSPS) is 13.1. The summed E-state index contributed by atoms with van der Waals surface area (Å²) in [7, 11) is 5.28. The number of ether oxygens (including phenoxy) is 8. The number of piperazine rings is 1. The molecule has 1 amide bonds. The van der Waals surface area contributed by atoms with Gasteiger partial charge in [0.05, 0.1) is 66.1 Å². The van der Waals surface area contributed by atoms with Gasteiger partial charge in [-0.1, -0.05) is 24.3 Å². The summed E-state index contributed by atoms with van der Waals surface area (Å²) in [6.07, 6.45) is 0. The van der Waals surface area contributed by atoms with Crippen molar-refractivity contribution in [1.82, 2.24) is 9.80 Å². The van der Waals surface area contributed by atoms with Crippen LogP contribution in [0.15, 0.2) is 91.2 Å². The van der Waals surface area contributed by atoms with Crippen LogP contribution in [-0.2, 0) is 28.4 Å². The maximum absolute atomic E-state index is 12.9. The maximum Gasteiger partial charge on any atom is 0.351 e. The number of rotatable bonds is 22. The summed E-state index contributed by atoms with van der Waals surface area (Å²) < 4.78 is 53.7. The van der Waals surface area contributed by atoms with Gasteiger partial charge in [-0.05, 0) is 66.4 Å². The molecule has 0 bridgehead atoms. The number of hydrogen-bond acceptors (Lipinski definition) is 15. The Balaban J connectivity index is 0.000000216. The van der Waals surface area contributed by atoms with E-state index in [1.807, 2.05) is 49.5 Å². The highest BCUT2D eigenvalue weighted by Crippen LogP contribution is 2.30. The van der Waals surface area contributed by atoms with E-state index in [-0.39, 0.29) is 17.0 Å². The van der Waals surface area contributed by atoms with Crippen molar-refractivity contribution in [3.05, 3.63) is 105 Å². The number of aromatic carboxylic acids is 1. The zero-order valence-corrected chi connectivity index (χ0v) is 36.3. The lowest BCUT2D eigenvalue weighted by Gasteiger charge is -2.32. The molecular weight excluding hydrogens is 833 g/mol. The van der Waals surface area contributed by atoms with Crippen molar-refractivity contribution < 1.29 is 61.4 Å². The van der Waals surface area contributed by atoms with E-state index < -0.39 is 17.2 Å². The summed E-state index contributed by atoms with van der Waals surface area (Å²) in [5, 5.41) is 13.5. The lowest BCUT2D eigenvalue weighted by atomic mass is 10.1. The fourth-order valence-electron chi connectivity index (χ4n) is 6.79. The van der Waals surface area contributed by atoms with Crippen molar-refractivity contribution in [3.8, 4) is 11.5 Å². The van der Waals surface area contributed by atoms with Crippen LogP contribution in [0.1, 0.15) is 20.7 Å². The number of carbonyl (C=O) groups is 2. The number of hydrogen-bond donors (Lipinski definition) is 1. The quantitative estimate of drug-likeness (QED) is 0.0537. The molecule has 342 valence electrons. The number of amides is 1. The molecule has 1 saturated heterocycles. The van der Waals surface area contributed by atoms with Gasteiger partial charge >= 0.3 is 17.2 Å². The predicted molar refractivity (Wildman–Crippen MR) is 238 cm³/mol. The number of carboxylic acid groups (broad SMARTS) is 1. The van der Waals surface area contributed by atoms with Gasteiger partial charge in [0.25, 0.3) is 5.91 Å². The first-order valence-electron chi connectivity index (χ1n) is 20.9. The Kier molecular flexibility index (Phi) is 18.0. The van der Waals surface area contributed by atoms with Crippen LogP contribution in [0.2, 0.25) is 0 Å². The summed E-state index contributed by atoms with van der Waals surface area (Å²) in [5.74, 6) is -0.239. The van der Waals surface area contributed by atoms with E-state index in [4.69, 9.17) is 51.8 Å². The van der Waals surface area contributed by atoms with Crippen molar-refractivity contribution in [1.29, 1.82) is 0 Å². The SMILES string of the molecule is COCCOCCOCCOc1ccc2c(ccc3cc(C(=O)N4CCN(C)CC4)c(=O)oc32)c1.COCCOCCOCCOc1ccc2c(ccc3cc(C(=O)O)c(=O)oc32)c1. The molecule has 0 saturated carbocycles. The Labute approximate surface area is 368 Å². The highest BCUT2D eigenvalue weighted by Gasteiger charge is 2.24. The smallest absolute Gasteiger partial charge is 0.351 e. The Morgan fingerprint density at radius 2 is 0.938 bits per heavy atom. The molecule has 3 heterocycles. The molecule has 1 fully saturated rings. The van der Waals surface area contributed by atoms with Crippen LogP contribution in [-0.4, -0.2) is 154 Å². The monoisotopic (exact) mass is 886 g/mol. The van der Waals surface area contributed by atoms with Gasteiger partial charge in [0.15, 0.2) is 0 Å². The number of carboxylic acids is 1. The molecule has 0 atom stereocenters. The van der Waals surface area contributed by atoms with Gasteiger partial charge < -0.3 is 61.6 Å². The van der Waals surface area contributed by atoms with Crippen molar-refractivity contribution in [2.45, 2.75) is 0 Å². The van der Waals surface area contributed by atoms with Crippen LogP contribution < -0.4 is 20.7 Å². The van der Waals surface area contributed by atoms with Gasteiger partial charge in [0.1, 0.15) is 47.0 Å². The first-order chi connectivity index (χ1) is 31.2. The molecule has 6 aromatic rings. The number of methoxy groups -OCH3 is 2. The largest absolute Gasteiger partial charge is 0.491 e. The Morgan fingerprint density at radius 3 is 1.39 bits per heavy atom. The van der Waals surface area contributed by atoms with Gasteiger partial charge in [0, 0.05) is 61.9 Å². The number of benzene rings is 4. The minimum Gasteiger partial charge on any atom is -0.491 e. The molecular formula is C47H54N2O15. The average Bonchev–Trinajstić information content (AvgIpc) is 3.30. The molecule has 17 nitrogen and oxygen atoms in total. The second-order valence-electron chi connectivity index (χ2n) is 14.7. The molecule has 2 aromatic heterocycles. The van der Waals surface area contributed by atoms with Crippen LogP contribution in [0.4, 0.5) is 0 Å². The summed E-state index contributed by atoms with van der Waals surface area (Å²) in [5.41, 5.74) is -0.989. The Morgan fingerprint density at radius 1 is 0.531 bits per heavy atom. The van der Waals surface area contributed by atoms with E-state index in [1.165, 1.54) is 6.07 Å². The second kappa shape index (κ2) is 24.2. The van der Waals surface area contributed by atoms with Crippen LogP contribution in [0, 0.1) is 0 Å². The summed E-state index contributed by atoms with van der Waals surface area (Å²) in [6, 6.07) is 21.3. The molecule has 1 N–H and O–H groups in total. The standard InChI is InChI=1S/C26H32N2O7.C21H22O8/c1-27-7-9-28(10-8-27)25(29)23-18-20-4-3-19-17-21(5-6-22(19)24(20)35-26(23)30)34-16-15-33-14-13-32-12-11-31-2;1-25-6-7-26-8-9-27-10-11-28-16-4-5-17-14(12-16)2-3-15-13-18(20(22)23)21(24)29-19(15)17/h3-6,17-18H,7-16H2,1-2H3;2-5,12-13H,6-11H2,1H3,(H,22,23). The Bertz CT molecular complexity index is 2600. The number of fused-ring (bicyclic) bond motifs is 6. The summed E-state index contributed by atoms with van der Waals surface area (Å²) >= 11 is 0. The zero-order chi connectivity index (χ0) is 45.3. The molecule has 0 aliphatic carbocycles. The first kappa shape index (κ1) is 47.6. The molecule has 0 spiro atoms. The third-order valence-electron chi connectivity index (χ3n) is 10.2. The van der Waals surface area contributed by atoms with Crippen molar-refractivity contribution in [2.24, 2.45) is 0 Å². The van der Waals surface area contributed by atoms with Gasteiger partial charge in [0.2, 0.25) is 0 Å². The molecule has 17 heteroatoms. The third kappa shape index (κ3) is 13.1. The molecule has 7 rings (SSSR count).